The molecule has 7 nitrogen and oxygen atoms in total. The predicted octanol–water partition coefficient (Wildman–Crippen LogP) is 1.04. The maximum absolute atomic E-state index is 12.0. The second-order valence-electron chi connectivity index (χ2n) is 4.30. The molecule has 2 rings (SSSR count). The Morgan fingerprint density at radius 1 is 1.55 bits per heavy atom. The average Bonchev–Trinajstić information content (AvgIpc) is 2.88. The molecule has 0 aliphatic heterocycles. The molecule has 1 N–H and O–H groups in total. The molecule has 0 saturated carbocycles. The summed E-state index contributed by atoms with van der Waals surface area (Å²) in [5.41, 5.74) is 0.837. The van der Waals surface area contributed by atoms with Crippen LogP contribution in [0.25, 0.3) is 0 Å². The molecular formula is C13H15N3O4. The summed E-state index contributed by atoms with van der Waals surface area (Å²) in [7, 11) is 1.86. The predicted molar refractivity (Wildman–Crippen MR) is 72.2 cm³/mol. The second kappa shape index (κ2) is 5.60. The Labute approximate surface area is 115 Å². The van der Waals surface area contributed by atoms with Gasteiger partial charge in [0.1, 0.15) is 0 Å². The molecule has 0 radical (unpaired) electrons. The molecule has 106 valence electrons. The number of anilines is 1. The van der Waals surface area contributed by atoms with Crippen molar-refractivity contribution in [2.24, 2.45) is 0 Å². The zero-order valence-electron chi connectivity index (χ0n) is 11.2. The van der Waals surface area contributed by atoms with Gasteiger partial charge in [-0.15, -0.1) is 0 Å². The smallest absolute Gasteiger partial charge is 0.372 e. The van der Waals surface area contributed by atoms with Crippen molar-refractivity contribution in [2.75, 3.05) is 18.5 Å². The first-order chi connectivity index (χ1) is 9.52. The molecule has 2 heterocycles. The van der Waals surface area contributed by atoms with E-state index < -0.39 is 5.97 Å². The number of furan rings is 1. The lowest BCUT2D eigenvalue weighted by Crippen LogP contribution is -2.26. The van der Waals surface area contributed by atoms with E-state index in [2.05, 4.69) is 5.10 Å². The largest absolute Gasteiger partial charge is 0.475 e. The molecule has 0 aliphatic rings. The highest BCUT2D eigenvalue weighted by Gasteiger charge is 2.15. The number of carboxylic acids is 1. The van der Waals surface area contributed by atoms with Gasteiger partial charge >= 0.3 is 5.97 Å². The van der Waals surface area contributed by atoms with Crippen LogP contribution in [0, 0.1) is 0 Å². The van der Waals surface area contributed by atoms with E-state index in [1.54, 1.807) is 6.20 Å². The zero-order valence-corrected chi connectivity index (χ0v) is 11.2. The fraction of sp³-hybridized carbons (Fsp3) is 0.308. The molecule has 0 amide bonds. The Morgan fingerprint density at radius 3 is 2.90 bits per heavy atom. The highest BCUT2D eigenvalue weighted by molar-refractivity contribution is 5.86. The van der Waals surface area contributed by atoms with Gasteiger partial charge in [-0.3, -0.25) is 4.79 Å². The third-order valence-corrected chi connectivity index (χ3v) is 3.03. The minimum Gasteiger partial charge on any atom is -0.475 e. The van der Waals surface area contributed by atoms with E-state index in [0.717, 1.165) is 12.2 Å². The number of hydrogen-bond donors (Lipinski definition) is 1. The van der Waals surface area contributed by atoms with Gasteiger partial charge in [-0.05, 0) is 13.0 Å². The van der Waals surface area contributed by atoms with Gasteiger partial charge in [0.05, 0.1) is 24.7 Å². The summed E-state index contributed by atoms with van der Waals surface area (Å²) >= 11 is 0. The van der Waals surface area contributed by atoms with E-state index in [0.29, 0.717) is 5.56 Å². The van der Waals surface area contributed by atoms with Gasteiger partial charge in [0.2, 0.25) is 5.76 Å². The second-order valence-corrected chi connectivity index (χ2v) is 4.30. The average molecular weight is 277 g/mol. The summed E-state index contributed by atoms with van der Waals surface area (Å²) < 4.78 is 6.07. The van der Waals surface area contributed by atoms with Crippen molar-refractivity contribution >= 4 is 11.7 Å². The van der Waals surface area contributed by atoms with Crippen LogP contribution >= 0.6 is 0 Å². The number of carboxylic acid groups (broad SMARTS) is 1. The molecule has 2 aromatic heterocycles. The summed E-state index contributed by atoms with van der Waals surface area (Å²) in [5.74, 6) is -1.34. The number of hydrogen-bond acceptors (Lipinski definition) is 5. The van der Waals surface area contributed by atoms with E-state index in [-0.39, 0.29) is 17.9 Å². The van der Waals surface area contributed by atoms with E-state index >= 15 is 0 Å². The molecule has 0 spiro atoms. The number of rotatable bonds is 5. The van der Waals surface area contributed by atoms with Crippen LogP contribution in [-0.4, -0.2) is 34.4 Å². The lowest BCUT2D eigenvalue weighted by molar-refractivity contribution is 0.0660. The summed E-state index contributed by atoms with van der Waals surface area (Å²) in [6, 6.07) is 2.99. The molecule has 7 heteroatoms. The van der Waals surface area contributed by atoms with Crippen molar-refractivity contribution in [3.63, 3.8) is 0 Å². The van der Waals surface area contributed by atoms with Gasteiger partial charge < -0.3 is 14.4 Å². The van der Waals surface area contributed by atoms with Crippen molar-refractivity contribution < 1.29 is 14.3 Å². The van der Waals surface area contributed by atoms with E-state index in [1.165, 1.54) is 23.1 Å². The van der Waals surface area contributed by atoms with Gasteiger partial charge in [0.15, 0.2) is 0 Å². The van der Waals surface area contributed by atoms with Crippen LogP contribution in [0.2, 0.25) is 0 Å². The molecule has 0 bridgehead atoms. The van der Waals surface area contributed by atoms with Gasteiger partial charge in [0.25, 0.3) is 5.56 Å². The summed E-state index contributed by atoms with van der Waals surface area (Å²) in [6.45, 7) is 2.79. The minimum atomic E-state index is -1.17. The quantitative estimate of drug-likeness (QED) is 0.878. The Balaban J connectivity index is 2.28. The highest BCUT2D eigenvalue weighted by atomic mass is 16.4. The van der Waals surface area contributed by atoms with Crippen molar-refractivity contribution in [1.82, 2.24) is 9.78 Å². The van der Waals surface area contributed by atoms with Crippen molar-refractivity contribution in [3.05, 3.63) is 46.3 Å². The first-order valence-corrected chi connectivity index (χ1v) is 6.11. The Morgan fingerprint density at radius 2 is 2.30 bits per heavy atom. The van der Waals surface area contributed by atoms with Crippen LogP contribution < -0.4 is 10.5 Å². The van der Waals surface area contributed by atoms with Gasteiger partial charge in [0, 0.05) is 25.2 Å². The molecule has 0 saturated heterocycles. The maximum Gasteiger partial charge on any atom is 0.372 e. The number of nitrogens with zero attached hydrogens (tertiary/aromatic N) is 3. The van der Waals surface area contributed by atoms with Crippen molar-refractivity contribution in [1.29, 1.82) is 0 Å². The van der Waals surface area contributed by atoms with Crippen LogP contribution in [0.1, 0.15) is 23.0 Å². The lowest BCUT2D eigenvalue weighted by Gasteiger charge is -2.16. The highest BCUT2D eigenvalue weighted by Crippen LogP contribution is 2.12. The topological polar surface area (TPSA) is 88.6 Å². The summed E-state index contributed by atoms with van der Waals surface area (Å²) in [4.78, 5) is 24.8. The number of aromatic carboxylic acids is 1. The van der Waals surface area contributed by atoms with Gasteiger partial charge in [-0.25, -0.2) is 9.48 Å². The first-order valence-electron chi connectivity index (χ1n) is 6.11. The fourth-order valence-corrected chi connectivity index (χ4v) is 1.74. The standard InChI is InChI=1S/C13H15N3O4/c1-3-15(2)10-6-11(17)16(14-7-10)8-9-4-5-20-12(9)13(18)19/h4-7H,3,8H2,1-2H3,(H,18,19). The zero-order chi connectivity index (χ0) is 14.7. The number of carbonyl (C=O) groups is 1. The van der Waals surface area contributed by atoms with Crippen LogP contribution in [0.4, 0.5) is 5.69 Å². The normalized spacial score (nSPS) is 10.5. The molecule has 0 aliphatic carbocycles. The third kappa shape index (κ3) is 2.71. The maximum atomic E-state index is 12.0. The van der Waals surface area contributed by atoms with Crippen LogP contribution in [0.15, 0.2) is 33.8 Å². The van der Waals surface area contributed by atoms with Crippen LogP contribution in [-0.2, 0) is 6.54 Å². The van der Waals surface area contributed by atoms with Crippen LogP contribution in [0.5, 0.6) is 0 Å². The van der Waals surface area contributed by atoms with Gasteiger partial charge in [-0.1, -0.05) is 0 Å². The third-order valence-electron chi connectivity index (χ3n) is 3.03. The first kappa shape index (κ1) is 13.9. The van der Waals surface area contributed by atoms with Crippen molar-refractivity contribution in [2.45, 2.75) is 13.5 Å². The van der Waals surface area contributed by atoms with Crippen LogP contribution in [0.3, 0.4) is 0 Å². The molecule has 0 unspecified atom stereocenters. The molecule has 2 aromatic rings. The van der Waals surface area contributed by atoms with E-state index in [4.69, 9.17) is 9.52 Å². The molecule has 20 heavy (non-hydrogen) atoms. The Bertz CT molecular complexity index is 674. The lowest BCUT2D eigenvalue weighted by atomic mass is 10.2. The Hall–Kier alpha value is -2.57. The van der Waals surface area contributed by atoms with E-state index in [9.17, 15) is 9.59 Å². The Kier molecular flexibility index (Phi) is 3.88. The monoisotopic (exact) mass is 277 g/mol. The summed E-state index contributed by atoms with van der Waals surface area (Å²) in [5, 5.41) is 13.0. The minimum absolute atomic E-state index is 0.0626. The van der Waals surface area contributed by atoms with Gasteiger partial charge in [-0.2, -0.15) is 5.10 Å². The molecule has 0 atom stereocenters. The number of aromatic nitrogens is 2. The van der Waals surface area contributed by atoms with E-state index in [1.807, 2.05) is 18.9 Å². The molecule has 0 aromatic carbocycles. The molecule has 0 fully saturated rings. The van der Waals surface area contributed by atoms with Crippen molar-refractivity contribution in [3.8, 4) is 0 Å². The molecular weight excluding hydrogens is 262 g/mol. The SMILES string of the molecule is CCN(C)c1cnn(Cc2ccoc2C(=O)O)c(=O)c1. The fourth-order valence-electron chi connectivity index (χ4n) is 1.74. The summed E-state index contributed by atoms with van der Waals surface area (Å²) in [6.07, 6.45) is 2.86.